The molecule has 0 fully saturated rings. The van der Waals surface area contributed by atoms with Crippen LogP contribution in [0.4, 0.5) is 0 Å². The number of esters is 4. The van der Waals surface area contributed by atoms with Gasteiger partial charge in [-0.1, -0.05) is 40.0 Å². The van der Waals surface area contributed by atoms with Crippen molar-refractivity contribution in [1.82, 2.24) is 9.55 Å². The van der Waals surface area contributed by atoms with Crippen LogP contribution in [0, 0.1) is 20.8 Å². The Bertz CT molecular complexity index is 2470. The molecule has 0 aliphatic carbocycles. The Balaban J connectivity index is 1.02. The molecule has 2 atom stereocenters. The molecule has 2 aromatic heterocycles. The molecule has 0 saturated carbocycles. The summed E-state index contributed by atoms with van der Waals surface area (Å²) < 4.78 is 30.3. The van der Waals surface area contributed by atoms with E-state index in [2.05, 4.69) is 6.92 Å². The van der Waals surface area contributed by atoms with Gasteiger partial charge in [-0.3, -0.25) is 14.4 Å². The van der Waals surface area contributed by atoms with Gasteiger partial charge in [0.25, 0.3) is 5.56 Å². The fourth-order valence-corrected chi connectivity index (χ4v) is 8.54. The second-order valence-electron chi connectivity index (χ2n) is 16.0. The third-order valence-corrected chi connectivity index (χ3v) is 12.3. The minimum Gasteiger partial charge on any atom is -0.475 e. The molecular weight excluding hydrogens is 757 g/mol. The molecule has 13 nitrogen and oxygen atoms in total. The molecule has 1 N–H and O–H groups in total. The van der Waals surface area contributed by atoms with E-state index in [1.807, 2.05) is 27.7 Å². The van der Waals surface area contributed by atoms with E-state index in [9.17, 15) is 29.1 Å². The lowest BCUT2D eigenvalue weighted by atomic mass is 9.86. The molecule has 0 saturated heterocycles. The maximum Gasteiger partial charge on any atom is 0.350 e. The molecule has 0 radical (unpaired) electrons. The SMILES string of the molecule is CCCCCCOC(=O)[C@]1(C)CCc2c(C)c(OC(=O)CCC(=O)Oc3ccc4nc5c(c(CC)c4c3)Cn3c-5cc4c(c3=O)COC(=O)[C@]4(O)CC)c(C)c(C)c2O1. The number of benzene rings is 2. The molecule has 3 aliphatic heterocycles. The highest BCUT2D eigenvalue weighted by atomic mass is 16.6. The van der Waals surface area contributed by atoms with Crippen LogP contribution in [0.15, 0.2) is 29.1 Å². The minimum absolute atomic E-state index is 0.0484. The summed E-state index contributed by atoms with van der Waals surface area (Å²) in [6, 6.07) is 6.78. The number of aryl methyl sites for hydroxylation is 1. The first kappa shape index (κ1) is 41.6. The highest BCUT2D eigenvalue weighted by Crippen LogP contribution is 2.45. The zero-order chi connectivity index (χ0) is 42.4. The number of carbonyl (C=O) groups excluding carboxylic acids is 4. The third-order valence-electron chi connectivity index (χ3n) is 12.3. The zero-order valence-electron chi connectivity index (χ0n) is 34.9. The van der Waals surface area contributed by atoms with Gasteiger partial charge in [0.1, 0.15) is 23.9 Å². The quantitative estimate of drug-likeness (QED) is 0.0731. The van der Waals surface area contributed by atoms with Gasteiger partial charge in [0.15, 0.2) is 5.60 Å². The van der Waals surface area contributed by atoms with E-state index in [4.69, 9.17) is 28.7 Å². The number of rotatable bonds is 13. The molecule has 5 heterocycles. The van der Waals surface area contributed by atoms with Gasteiger partial charge in [-0.2, -0.15) is 0 Å². The standard InChI is InChI=1S/C46H52N2O11/c1-8-11-12-13-20-55-43(52)45(7)19-18-30-27(6)40(25(4)26(5)41(30)59-45)58-38(50)17-16-37(49)57-28-14-15-35-31(21-28)29(9-2)32-23-48-36(39(32)47-35)22-34-33(42(48)51)24-56-44(53)46(34,54)10-3/h14-15,21-22,54H,8-13,16-20,23-24H2,1-7H3/t45-,46-/m0/s1. The molecule has 13 heteroatoms. The first-order chi connectivity index (χ1) is 28.1. The van der Waals surface area contributed by atoms with Crippen LogP contribution in [-0.2, 0) is 60.2 Å². The predicted octanol–water partition coefficient (Wildman–Crippen LogP) is 7.07. The molecule has 3 aliphatic rings. The number of carbonyl (C=O) groups is 4. The van der Waals surface area contributed by atoms with Gasteiger partial charge in [0, 0.05) is 28.5 Å². The summed E-state index contributed by atoms with van der Waals surface area (Å²) in [5.74, 6) is -1.05. The average molecular weight is 809 g/mol. The van der Waals surface area contributed by atoms with Crippen molar-refractivity contribution >= 4 is 34.8 Å². The van der Waals surface area contributed by atoms with Gasteiger partial charge in [-0.15, -0.1) is 0 Å². The van der Waals surface area contributed by atoms with Crippen molar-refractivity contribution in [1.29, 1.82) is 0 Å². The number of ether oxygens (including phenoxy) is 5. The highest BCUT2D eigenvalue weighted by molar-refractivity contribution is 5.91. The summed E-state index contributed by atoms with van der Waals surface area (Å²) in [5, 5.41) is 12.0. The Morgan fingerprint density at radius 2 is 1.66 bits per heavy atom. The van der Waals surface area contributed by atoms with E-state index < -0.39 is 29.1 Å². The molecule has 2 aromatic carbocycles. The largest absolute Gasteiger partial charge is 0.475 e. The van der Waals surface area contributed by atoms with E-state index in [-0.39, 0.29) is 60.8 Å². The van der Waals surface area contributed by atoms with Crippen LogP contribution in [0.3, 0.4) is 0 Å². The molecule has 59 heavy (non-hydrogen) atoms. The normalized spacial score (nSPS) is 18.9. The summed E-state index contributed by atoms with van der Waals surface area (Å²) in [7, 11) is 0. The van der Waals surface area contributed by atoms with E-state index >= 15 is 0 Å². The molecular formula is C46H52N2O11. The van der Waals surface area contributed by atoms with Gasteiger partial charge in [-0.25, -0.2) is 14.6 Å². The van der Waals surface area contributed by atoms with E-state index in [0.717, 1.165) is 58.9 Å². The van der Waals surface area contributed by atoms with E-state index in [1.54, 1.807) is 42.7 Å². The fraction of sp³-hybridized carbons (Fsp3) is 0.478. The Hall–Kier alpha value is -5.56. The van der Waals surface area contributed by atoms with Crippen molar-refractivity contribution in [3.63, 3.8) is 0 Å². The van der Waals surface area contributed by atoms with Crippen LogP contribution >= 0.6 is 0 Å². The van der Waals surface area contributed by atoms with Gasteiger partial charge in [-0.05, 0) is 99.9 Å². The molecule has 0 bridgehead atoms. The number of fused-ring (bicyclic) bond motifs is 6. The molecule has 0 spiro atoms. The first-order valence-electron chi connectivity index (χ1n) is 20.7. The van der Waals surface area contributed by atoms with Crippen LogP contribution in [0.1, 0.15) is 124 Å². The number of unbranched alkanes of at least 4 members (excludes halogenated alkanes) is 3. The van der Waals surface area contributed by atoms with Crippen molar-refractivity contribution in [2.24, 2.45) is 0 Å². The first-order valence-corrected chi connectivity index (χ1v) is 20.7. The lowest BCUT2D eigenvalue weighted by Gasteiger charge is -2.36. The minimum atomic E-state index is -1.92. The lowest BCUT2D eigenvalue weighted by Crippen LogP contribution is -2.46. The second kappa shape index (κ2) is 16.2. The molecule has 0 amide bonds. The van der Waals surface area contributed by atoms with Crippen LogP contribution in [0.25, 0.3) is 22.3 Å². The molecule has 4 aromatic rings. The van der Waals surface area contributed by atoms with Crippen LogP contribution in [0.5, 0.6) is 17.2 Å². The van der Waals surface area contributed by atoms with Crippen molar-refractivity contribution in [2.75, 3.05) is 6.61 Å². The molecule has 312 valence electrons. The number of hydrogen-bond acceptors (Lipinski definition) is 12. The number of pyridine rings is 2. The van der Waals surface area contributed by atoms with Crippen molar-refractivity contribution in [3.8, 4) is 28.6 Å². The molecule has 7 rings (SSSR count). The van der Waals surface area contributed by atoms with Gasteiger partial charge in [0.2, 0.25) is 5.60 Å². The van der Waals surface area contributed by atoms with Crippen LogP contribution in [-0.4, -0.2) is 50.7 Å². The monoisotopic (exact) mass is 808 g/mol. The second-order valence-corrected chi connectivity index (χ2v) is 16.0. The fourth-order valence-electron chi connectivity index (χ4n) is 8.54. The summed E-state index contributed by atoms with van der Waals surface area (Å²) >= 11 is 0. The summed E-state index contributed by atoms with van der Waals surface area (Å²) in [6.45, 7) is 13.5. The summed E-state index contributed by atoms with van der Waals surface area (Å²) in [6.07, 6.45) is 5.19. The number of aromatic nitrogens is 2. The van der Waals surface area contributed by atoms with E-state index in [0.29, 0.717) is 59.8 Å². The van der Waals surface area contributed by atoms with Crippen molar-refractivity contribution in [2.45, 2.75) is 137 Å². The van der Waals surface area contributed by atoms with Crippen LogP contribution < -0.4 is 19.8 Å². The van der Waals surface area contributed by atoms with Crippen molar-refractivity contribution < 1.29 is 48.0 Å². The predicted molar refractivity (Wildman–Crippen MR) is 218 cm³/mol. The Kier molecular flexibility index (Phi) is 11.4. The molecule has 0 unspecified atom stereocenters. The topological polar surface area (TPSA) is 170 Å². The number of aliphatic hydroxyl groups is 1. The number of nitrogens with zero attached hydrogens (tertiary/aromatic N) is 2. The van der Waals surface area contributed by atoms with Gasteiger partial charge >= 0.3 is 23.9 Å². The number of cyclic esters (lactones) is 1. The van der Waals surface area contributed by atoms with Gasteiger partial charge in [0.05, 0.1) is 48.5 Å². The Labute approximate surface area is 343 Å². The smallest absolute Gasteiger partial charge is 0.350 e. The Morgan fingerprint density at radius 3 is 2.37 bits per heavy atom. The number of hydrogen-bond donors (Lipinski definition) is 1. The van der Waals surface area contributed by atoms with Crippen LogP contribution in [0.2, 0.25) is 0 Å². The lowest BCUT2D eigenvalue weighted by molar-refractivity contribution is -0.172. The average Bonchev–Trinajstić information content (AvgIpc) is 3.59. The van der Waals surface area contributed by atoms with E-state index in [1.165, 1.54) is 0 Å². The third kappa shape index (κ3) is 7.38. The Morgan fingerprint density at radius 1 is 0.915 bits per heavy atom. The highest BCUT2D eigenvalue weighted by Gasteiger charge is 2.46. The van der Waals surface area contributed by atoms with Gasteiger partial charge < -0.3 is 33.4 Å². The zero-order valence-corrected chi connectivity index (χ0v) is 34.9. The summed E-state index contributed by atoms with van der Waals surface area (Å²) in [5.41, 5.74) is 3.68. The summed E-state index contributed by atoms with van der Waals surface area (Å²) in [4.78, 5) is 70.5. The maximum absolute atomic E-state index is 13.7. The maximum atomic E-state index is 13.7. The van der Waals surface area contributed by atoms with Crippen molar-refractivity contribution in [3.05, 3.63) is 79.1 Å².